The molecule has 122 valence electrons. The van der Waals surface area contributed by atoms with Gasteiger partial charge in [0.1, 0.15) is 6.10 Å². The van der Waals surface area contributed by atoms with Crippen molar-refractivity contribution in [2.24, 2.45) is 5.41 Å². The fraction of sp³-hybridized carbons (Fsp3) is 0.933. The smallest absolute Gasteiger partial charge is 0.285 e. The van der Waals surface area contributed by atoms with Crippen molar-refractivity contribution in [1.29, 1.82) is 0 Å². The fourth-order valence-corrected chi connectivity index (χ4v) is 3.21. The molecule has 0 aromatic carbocycles. The molecule has 0 bridgehead atoms. The van der Waals surface area contributed by atoms with Gasteiger partial charge in [0.25, 0.3) is 5.92 Å². The van der Waals surface area contributed by atoms with Crippen LogP contribution < -0.4 is 0 Å². The SMILES string of the molecule is CC(C)(C)CN1CCCC(N2CCC(O)C(F)(F)C2)C1=O. The molecule has 2 aliphatic heterocycles. The highest BCUT2D eigenvalue weighted by Crippen LogP contribution is 2.31. The zero-order valence-corrected chi connectivity index (χ0v) is 13.1. The summed E-state index contributed by atoms with van der Waals surface area (Å²) in [5.41, 5.74) is -0.000417. The quantitative estimate of drug-likeness (QED) is 0.845. The number of aliphatic hydroxyl groups is 1. The summed E-state index contributed by atoms with van der Waals surface area (Å²) in [6.07, 6.45) is -0.0862. The molecule has 0 radical (unpaired) electrons. The number of halogens is 2. The minimum atomic E-state index is -3.12. The highest BCUT2D eigenvalue weighted by atomic mass is 19.3. The summed E-state index contributed by atoms with van der Waals surface area (Å²) in [7, 11) is 0. The monoisotopic (exact) mass is 304 g/mol. The van der Waals surface area contributed by atoms with E-state index in [4.69, 9.17) is 0 Å². The van der Waals surface area contributed by atoms with Crippen LogP contribution in [-0.4, -0.2) is 65.1 Å². The summed E-state index contributed by atoms with van der Waals surface area (Å²) in [5, 5.41) is 9.35. The number of rotatable bonds is 2. The van der Waals surface area contributed by atoms with E-state index in [0.29, 0.717) is 26.1 Å². The van der Waals surface area contributed by atoms with Crippen molar-refractivity contribution in [2.75, 3.05) is 26.2 Å². The summed E-state index contributed by atoms with van der Waals surface area (Å²) < 4.78 is 27.4. The molecule has 2 unspecified atom stereocenters. The van der Waals surface area contributed by atoms with Crippen LogP contribution >= 0.6 is 0 Å². The third-order valence-electron chi connectivity index (χ3n) is 4.20. The van der Waals surface area contributed by atoms with Crippen LogP contribution in [0.2, 0.25) is 0 Å². The normalized spacial score (nSPS) is 31.5. The summed E-state index contributed by atoms with van der Waals surface area (Å²) in [6, 6.07) is -0.459. The van der Waals surface area contributed by atoms with E-state index in [1.165, 1.54) is 0 Å². The van der Waals surface area contributed by atoms with E-state index in [1.807, 2.05) is 0 Å². The maximum atomic E-state index is 13.7. The number of aliphatic hydroxyl groups excluding tert-OH is 1. The minimum Gasteiger partial charge on any atom is -0.387 e. The van der Waals surface area contributed by atoms with Crippen molar-refractivity contribution in [3.8, 4) is 0 Å². The molecule has 1 N–H and O–H groups in total. The Morgan fingerprint density at radius 1 is 1.29 bits per heavy atom. The maximum Gasteiger partial charge on any atom is 0.285 e. The fourth-order valence-electron chi connectivity index (χ4n) is 3.21. The molecule has 2 atom stereocenters. The zero-order valence-electron chi connectivity index (χ0n) is 13.1. The van der Waals surface area contributed by atoms with Gasteiger partial charge in [-0.05, 0) is 24.7 Å². The molecule has 21 heavy (non-hydrogen) atoms. The van der Waals surface area contributed by atoms with E-state index in [1.54, 1.807) is 9.80 Å². The van der Waals surface area contributed by atoms with Crippen LogP contribution in [0.5, 0.6) is 0 Å². The van der Waals surface area contributed by atoms with E-state index in [-0.39, 0.29) is 17.7 Å². The second-order valence-electron chi connectivity index (χ2n) is 7.51. The first-order valence-corrected chi connectivity index (χ1v) is 7.69. The molecular weight excluding hydrogens is 278 g/mol. The molecule has 0 spiro atoms. The summed E-state index contributed by atoms with van der Waals surface area (Å²) in [5.74, 6) is -3.16. The lowest BCUT2D eigenvalue weighted by atomic mass is 9.92. The molecule has 2 rings (SSSR count). The Labute approximate surface area is 125 Å². The number of piperidine rings is 2. The van der Waals surface area contributed by atoms with Gasteiger partial charge >= 0.3 is 0 Å². The number of hydrogen-bond donors (Lipinski definition) is 1. The van der Waals surface area contributed by atoms with Gasteiger partial charge in [-0.3, -0.25) is 9.69 Å². The molecule has 2 fully saturated rings. The topological polar surface area (TPSA) is 43.8 Å². The molecule has 6 heteroatoms. The number of alkyl halides is 2. The van der Waals surface area contributed by atoms with E-state index in [9.17, 15) is 18.7 Å². The van der Waals surface area contributed by atoms with Crippen molar-refractivity contribution in [3.05, 3.63) is 0 Å². The van der Waals surface area contributed by atoms with Crippen molar-refractivity contribution in [3.63, 3.8) is 0 Å². The average Bonchev–Trinajstić information content (AvgIpc) is 2.34. The molecule has 1 amide bonds. The van der Waals surface area contributed by atoms with Gasteiger partial charge in [0.2, 0.25) is 5.91 Å². The molecule has 4 nitrogen and oxygen atoms in total. The van der Waals surface area contributed by atoms with Gasteiger partial charge in [-0.2, -0.15) is 0 Å². The van der Waals surface area contributed by atoms with Gasteiger partial charge < -0.3 is 10.0 Å². The molecule has 0 aliphatic carbocycles. The van der Waals surface area contributed by atoms with Crippen LogP contribution in [0, 0.1) is 5.41 Å². The largest absolute Gasteiger partial charge is 0.387 e. The Bertz CT molecular complexity index is 396. The van der Waals surface area contributed by atoms with Crippen LogP contribution in [-0.2, 0) is 4.79 Å². The van der Waals surface area contributed by atoms with Crippen LogP contribution in [0.15, 0.2) is 0 Å². The predicted octanol–water partition coefficient (Wildman–Crippen LogP) is 1.73. The second kappa shape index (κ2) is 5.80. The number of carbonyl (C=O) groups is 1. The predicted molar refractivity (Wildman–Crippen MR) is 76.2 cm³/mol. The molecule has 0 aromatic rings. The van der Waals surface area contributed by atoms with E-state index >= 15 is 0 Å². The first-order chi connectivity index (χ1) is 9.60. The third-order valence-corrected chi connectivity index (χ3v) is 4.20. The van der Waals surface area contributed by atoms with Gasteiger partial charge in [0.05, 0.1) is 12.6 Å². The molecule has 0 saturated carbocycles. The second-order valence-corrected chi connectivity index (χ2v) is 7.51. The third kappa shape index (κ3) is 3.92. The van der Waals surface area contributed by atoms with E-state index < -0.39 is 24.6 Å². The minimum absolute atomic E-state index is 0.000417. The van der Waals surface area contributed by atoms with E-state index in [0.717, 1.165) is 6.42 Å². The number of amides is 1. The van der Waals surface area contributed by atoms with Gasteiger partial charge in [0.15, 0.2) is 0 Å². The molecule has 2 saturated heterocycles. The summed E-state index contributed by atoms with van der Waals surface area (Å²) in [6.45, 7) is 7.39. The first-order valence-electron chi connectivity index (χ1n) is 7.69. The molecule has 2 heterocycles. The van der Waals surface area contributed by atoms with Crippen LogP contribution in [0.3, 0.4) is 0 Å². The maximum absolute atomic E-state index is 13.7. The van der Waals surface area contributed by atoms with Crippen LogP contribution in [0.4, 0.5) is 8.78 Å². The number of likely N-dealkylation sites (tertiary alicyclic amines) is 2. The van der Waals surface area contributed by atoms with Crippen molar-refractivity contribution < 1.29 is 18.7 Å². The first kappa shape index (κ1) is 16.6. The Kier molecular flexibility index (Phi) is 4.59. The summed E-state index contributed by atoms with van der Waals surface area (Å²) in [4.78, 5) is 15.9. The Morgan fingerprint density at radius 3 is 2.52 bits per heavy atom. The lowest BCUT2D eigenvalue weighted by Gasteiger charge is -2.44. The lowest BCUT2D eigenvalue weighted by molar-refractivity contribution is -0.167. The Morgan fingerprint density at radius 2 is 1.95 bits per heavy atom. The number of hydrogen-bond acceptors (Lipinski definition) is 3. The number of nitrogens with zero attached hydrogens (tertiary/aromatic N) is 2. The highest BCUT2D eigenvalue weighted by Gasteiger charge is 2.47. The number of carbonyl (C=O) groups excluding carboxylic acids is 1. The van der Waals surface area contributed by atoms with Gasteiger partial charge in [-0.15, -0.1) is 0 Å². The van der Waals surface area contributed by atoms with Crippen molar-refractivity contribution >= 4 is 5.91 Å². The average molecular weight is 304 g/mol. The Balaban J connectivity index is 2.04. The van der Waals surface area contributed by atoms with Crippen molar-refractivity contribution in [1.82, 2.24) is 9.80 Å². The highest BCUT2D eigenvalue weighted by molar-refractivity contribution is 5.82. The molecule has 2 aliphatic rings. The molecule has 0 aromatic heterocycles. The Hall–Kier alpha value is -0.750. The van der Waals surface area contributed by atoms with E-state index in [2.05, 4.69) is 20.8 Å². The molecular formula is C15H26F2N2O2. The van der Waals surface area contributed by atoms with Gasteiger partial charge in [0, 0.05) is 19.6 Å². The lowest BCUT2D eigenvalue weighted by Crippen LogP contribution is -2.60. The standard InChI is InChI=1S/C15H26F2N2O2/c1-14(2,3)9-19-7-4-5-11(13(19)21)18-8-6-12(20)15(16,17)10-18/h11-12,20H,4-10H2,1-3H3. The van der Waals surface area contributed by atoms with Crippen LogP contribution in [0.1, 0.15) is 40.0 Å². The zero-order chi connectivity index (χ0) is 15.8. The van der Waals surface area contributed by atoms with Crippen LogP contribution in [0.25, 0.3) is 0 Å². The van der Waals surface area contributed by atoms with Crippen molar-refractivity contribution in [2.45, 2.75) is 58.1 Å². The van der Waals surface area contributed by atoms with Gasteiger partial charge in [-0.1, -0.05) is 20.8 Å². The van der Waals surface area contributed by atoms with Gasteiger partial charge in [-0.25, -0.2) is 8.78 Å². The summed E-state index contributed by atoms with van der Waals surface area (Å²) >= 11 is 0.